The molecule has 0 saturated carbocycles. The Morgan fingerprint density at radius 1 is 1.13 bits per heavy atom. The van der Waals surface area contributed by atoms with Crippen LogP contribution in [-0.4, -0.2) is 20.7 Å². The number of thiazole rings is 1. The van der Waals surface area contributed by atoms with Crippen LogP contribution in [-0.2, 0) is 20.0 Å². The first-order valence-corrected chi connectivity index (χ1v) is 10.9. The van der Waals surface area contributed by atoms with Crippen LogP contribution in [0.5, 0.6) is 0 Å². The molecule has 2 aromatic heterocycles. The number of hydrogen-bond acceptors (Lipinski definition) is 4. The van der Waals surface area contributed by atoms with Gasteiger partial charge in [0.05, 0.1) is 23.6 Å². The summed E-state index contributed by atoms with van der Waals surface area (Å²) in [6.45, 7) is 2.43. The molecule has 1 amide bonds. The Hall–Kier alpha value is -2.96. The largest absolute Gasteiger partial charge is 0.346 e. The van der Waals surface area contributed by atoms with E-state index < -0.39 is 0 Å². The lowest BCUT2D eigenvalue weighted by Crippen LogP contribution is -2.23. The van der Waals surface area contributed by atoms with Crippen molar-refractivity contribution < 1.29 is 4.79 Å². The molecule has 0 aliphatic rings. The van der Waals surface area contributed by atoms with Crippen molar-refractivity contribution in [1.29, 1.82) is 0 Å². The minimum absolute atomic E-state index is 0.133. The van der Waals surface area contributed by atoms with Gasteiger partial charge in [-0.3, -0.25) is 9.48 Å². The molecule has 4 aromatic rings. The average molecular weight is 437 g/mol. The Kier molecular flexibility index (Phi) is 5.97. The van der Waals surface area contributed by atoms with E-state index in [4.69, 9.17) is 11.6 Å². The van der Waals surface area contributed by atoms with E-state index in [-0.39, 0.29) is 5.91 Å². The second-order valence-electron chi connectivity index (χ2n) is 6.88. The molecule has 152 valence electrons. The maximum atomic E-state index is 12.9. The first-order chi connectivity index (χ1) is 14.5. The number of carbonyl (C=O) groups is 1. The van der Waals surface area contributed by atoms with E-state index in [1.54, 1.807) is 11.3 Å². The average Bonchev–Trinajstić information content (AvgIpc) is 3.39. The molecule has 0 saturated heterocycles. The predicted octanol–water partition coefficient (Wildman–Crippen LogP) is 5.36. The highest BCUT2D eigenvalue weighted by molar-refractivity contribution is 7.13. The number of rotatable bonds is 6. The summed E-state index contributed by atoms with van der Waals surface area (Å²) in [4.78, 5) is 17.6. The maximum absolute atomic E-state index is 12.9. The zero-order valence-electron chi connectivity index (χ0n) is 16.7. The van der Waals surface area contributed by atoms with E-state index in [0.29, 0.717) is 17.1 Å². The Labute approximate surface area is 184 Å². The van der Waals surface area contributed by atoms with E-state index in [9.17, 15) is 4.79 Å². The summed E-state index contributed by atoms with van der Waals surface area (Å²) >= 11 is 7.50. The van der Waals surface area contributed by atoms with Gasteiger partial charge in [-0.1, -0.05) is 48.9 Å². The molecule has 0 bridgehead atoms. The van der Waals surface area contributed by atoms with E-state index in [2.05, 4.69) is 22.3 Å². The minimum atomic E-state index is -0.133. The molecular formula is C23H21ClN4OS. The van der Waals surface area contributed by atoms with Crippen LogP contribution in [0.4, 0.5) is 0 Å². The molecule has 2 aromatic carbocycles. The number of nitrogens with zero attached hydrogens (tertiary/aromatic N) is 3. The molecule has 0 aliphatic carbocycles. The topological polar surface area (TPSA) is 59.8 Å². The number of aryl methyl sites for hydroxylation is 2. The molecule has 1 N–H and O–H groups in total. The van der Waals surface area contributed by atoms with Crippen LogP contribution < -0.4 is 5.32 Å². The predicted molar refractivity (Wildman–Crippen MR) is 122 cm³/mol. The van der Waals surface area contributed by atoms with Crippen molar-refractivity contribution >= 4 is 28.8 Å². The van der Waals surface area contributed by atoms with E-state index in [0.717, 1.165) is 39.6 Å². The van der Waals surface area contributed by atoms with Crippen LogP contribution in [0.2, 0.25) is 5.02 Å². The Morgan fingerprint density at radius 3 is 2.63 bits per heavy atom. The van der Waals surface area contributed by atoms with Crippen molar-refractivity contribution in [3.63, 3.8) is 0 Å². The Balaban J connectivity index is 1.50. The number of benzene rings is 2. The van der Waals surface area contributed by atoms with Crippen LogP contribution in [0.25, 0.3) is 21.8 Å². The summed E-state index contributed by atoms with van der Waals surface area (Å²) in [5.74, 6) is -0.133. The lowest BCUT2D eigenvalue weighted by Gasteiger charge is -2.10. The van der Waals surface area contributed by atoms with Crippen LogP contribution in [0.15, 0.2) is 60.0 Å². The SMILES string of the molecule is CCc1cc(-c2ccccc2C(=O)NCc2csc(-c3ccc(Cl)cc3)n2)n(C)n1. The molecule has 2 heterocycles. The fourth-order valence-corrected chi connectivity index (χ4v) is 4.19. The number of amides is 1. The quantitative estimate of drug-likeness (QED) is 0.442. The lowest BCUT2D eigenvalue weighted by molar-refractivity contribution is 0.0951. The molecular weight excluding hydrogens is 416 g/mol. The van der Waals surface area contributed by atoms with Crippen molar-refractivity contribution in [1.82, 2.24) is 20.1 Å². The third kappa shape index (κ3) is 4.30. The third-order valence-electron chi connectivity index (χ3n) is 4.81. The fourth-order valence-electron chi connectivity index (χ4n) is 3.24. The number of hydrogen-bond donors (Lipinski definition) is 1. The standard InChI is InChI=1S/C23H21ClN4OS/c1-3-17-12-21(28(2)27-17)19-6-4-5-7-20(19)22(29)25-13-18-14-30-23(26-18)15-8-10-16(24)11-9-15/h4-12,14H,3,13H2,1-2H3,(H,25,29). The number of carbonyl (C=O) groups excluding carboxylic acids is 1. The summed E-state index contributed by atoms with van der Waals surface area (Å²) < 4.78 is 1.82. The zero-order chi connectivity index (χ0) is 21.1. The third-order valence-corrected chi connectivity index (χ3v) is 6.01. The highest BCUT2D eigenvalue weighted by Gasteiger charge is 2.16. The first-order valence-electron chi connectivity index (χ1n) is 9.66. The minimum Gasteiger partial charge on any atom is -0.346 e. The molecule has 0 radical (unpaired) electrons. The van der Waals surface area contributed by atoms with Gasteiger partial charge in [0.2, 0.25) is 0 Å². The van der Waals surface area contributed by atoms with Crippen molar-refractivity contribution in [2.75, 3.05) is 0 Å². The highest BCUT2D eigenvalue weighted by atomic mass is 35.5. The van der Waals surface area contributed by atoms with Crippen molar-refractivity contribution in [2.45, 2.75) is 19.9 Å². The van der Waals surface area contributed by atoms with Crippen LogP contribution in [0.1, 0.15) is 28.7 Å². The lowest BCUT2D eigenvalue weighted by atomic mass is 10.0. The smallest absolute Gasteiger partial charge is 0.252 e. The van der Waals surface area contributed by atoms with Gasteiger partial charge < -0.3 is 5.32 Å². The molecule has 4 rings (SSSR count). The second-order valence-corrected chi connectivity index (χ2v) is 8.17. The summed E-state index contributed by atoms with van der Waals surface area (Å²) in [5, 5.41) is 11.1. The molecule has 0 aliphatic heterocycles. The Bertz CT molecular complexity index is 1180. The Morgan fingerprint density at radius 2 is 1.90 bits per heavy atom. The summed E-state index contributed by atoms with van der Waals surface area (Å²) in [7, 11) is 1.90. The monoisotopic (exact) mass is 436 g/mol. The molecule has 7 heteroatoms. The van der Waals surface area contributed by atoms with E-state index in [1.165, 1.54) is 0 Å². The van der Waals surface area contributed by atoms with Gasteiger partial charge >= 0.3 is 0 Å². The summed E-state index contributed by atoms with van der Waals surface area (Å²) in [6.07, 6.45) is 0.849. The molecule has 5 nitrogen and oxygen atoms in total. The van der Waals surface area contributed by atoms with Gasteiger partial charge in [-0.05, 0) is 30.7 Å². The van der Waals surface area contributed by atoms with Crippen molar-refractivity contribution in [3.8, 4) is 21.8 Å². The number of halogens is 1. The summed E-state index contributed by atoms with van der Waals surface area (Å²) in [5.41, 5.74) is 5.25. The van der Waals surface area contributed by atoms with Gasteiger partial charge in [-0.15, -0.1) is 11.3 Å². The second kappa shape index (κ2) is 8.81. The van der Waals surface area contributed by atoms with Gasteiger partial charge in [-0.2, -0.15) is 5.10 Å². The molecule has 0 fully saturated rings. The molecule has 0 spiro atoms. The van der Waals surface area contributed by atoms with E-state index in [1.807, 2.05) is 71.7 Å². The molecule has 0 atom stereocenters. The van der Waals surface area contributed by atoms with Crippen LogP contribution >= 0.6 is 22.9 Å². The van der Waals surface area contributed by atoms with Gasteiger partial charge in [0.15, 0.2) is 0 Å². The number of nitrogens with one attached hydrogen (secondary N) is 1. The molecule has 0 unspecified atom stereocenters. The molecule has 30 heavy (non-hydrogen) atoms. The van der Waals surface area contributed by atoms with Crippen LogP contribution in [0, 0.1) is 0 Å². The van der Waals surface area contributed by atoms with E-state index >= 15 is 0 Å². The maximum Gasteiger partial charge on any atom is 0.252 e. The highest BCUT2D eigenvalue weighted by Crippen LogP contribution is 2.26. The van der Waals surface area contributed by atoms with Crippen molar-refractivity contribution in [2.24, 2.45) is 7.05 Å². The van der Waals surface area contributed by atoms with Gasteiger partial charge in [-0.25, -0.2) is 4.98 Å². The van der Waals surface area contributed by atoms with Gasteiger partial charge in [0, 0.05) is 34.1 Å². The fraction of sp³-hybridized carbons (Fsp3) is 0.174. The summed E-state index contributed by atoms with van der Waals surface area (Å²) in [6, 6.07) is 17.2. The first kappa shape index (κ1) is 20.3. The van der Waals surface area contributed by atoms with Gasteiger partial charge in [0.1, 0.15) is 5.01 Å². The zero-order valence-corrected chi connectivity index (χ0v) is 18.3. The van der Waals surface area contributed by atoms with Gasteiger partial charge in [0.25, 0.3) is 5.91 Å². The van der Waals surface area contributed by atoms with Crippen LogP contribution in [0.3, 0.4) is 0 Å². The normalized spacial score (nSPS) is 10.9. The number of aromatic nitrogens is 3. The van der Waals surface area contributed by atoms with Crippen molar-refractivity contribution in [3.05, 3.63) is 82.0 Å².